The minimum Gasteiger partial charge on any atom is -0.351 e. The Labute approximate surface area is 204 Å². The van der Waals surface area contributed by atoms with E-state index >= 15 is 0 Å². The zero-order valence-corrected chi connectivity index (χ0v) is 19.7. The normalized spacial score (nSPS) is 16.6. The van der Waals surface area contributed by atoms with Crippen molar-refractivity contribution >= 4 is 51.6 Å². The summed E-state index contributed by atoms with van der Waals surface area (Å²) in [6, 6.07) is 17.3. The van der Waals surface area contributed by atoms with Gasteiger partial charge in [-0.3, -0.25) is 14.6 Å². The van der Waals surface area contributed by atoms with Crippen LogP contribution in [0.25, 0.3) is 0 Å². The molecular formula is C25H21FN4O2S2. The zero-order chi connectivity index (χ0) is 23.5. The van der Waals surface area contributed by atoms with E-state index in [-0.39, 0.29) is 24.1 Å². The summed E-state index contributed by atoms with van der Waals surface area (Å²) < 4.78 is 14.1. The Morgan fingerprint density at radius 2 is 1.94 bits per heavy atom. The lowest BCUT2D eigenvalue weighted by Crippen LogP contribution is -2.41. The fourth-order valence-electron chi connectivity index (χ4n) is 3.80. The smallest absolute Gasteiger partial charge is 0.259 e. The van der Waals surface area contributed by atoms with Crippen LogP contribution in [-0.2, 0) is 21.9 Å². The summed E-state index contributed by atoms with van der Waals surface area (Å²) in [4.78, 5) is 37.6. The maximum absolute atomic E-state index is 14.1. The number of carbonyl (C=O) groups excluding carboxylic acids is 2. The first kappa shape index (κ1) is 22.5. The van der Waals surface area contributed by atoms with E-state index in [0.717, 1.165) is 16.1 Å². The monoisotopic (exact) mass is 492 g/mol. The number of amidine groups is 2. The first-order valence-electron chi connectivity index (χ1n) is 10.9. The average molecular weight is 493 g/mol. The lowest BCUT2D eigenvalue weighted by Gasteiger charge is -2.25. The Morgan fingerprint density at radius 3 is 2.76 bits per heavy atom. The SMILES string of the molecule is O=C(CCC1N=C2c3ccccc3N=C(SCc3ccccc3F)N2C1=O)NCc1cccs1. The molecule has 3 heterocycles. The Balaban J connectivity index is 1.30. The number of amides is 2. The van der Waals surface area contributed by atoms with Gasteiger partial charge in [-0.2, -0.15) is 0 Å². The van der Waals surface area contributed by atoms with Crippen molar-refractivity contribution in [3.05, 3.63) is 87.9 Å². The second-order valence-electron chi connectivity index (χ2n) is 7.83. The second kappa shape index (κ2) is 9.90. The molecule has 2 aliphatic heterocycles. The van der Waals surface area contributed by atoms with Crippen LogP contribution in [-0.4, -0.2) is 33.8 Å². The molecule has 2 aliphatic rings. The number of nitrogens with zero attached hydrogens (tertiary/aromatic N) is 3. The standard InChI is InChI=1S/C25H21FN4O2S2/c26-19-9-3-1-6-16(19)15-34-25-29-20-10-4-2-8-18(20)23-28-21(24(32)30(23)25)11-12-22(31)27-14-17-7-5-13-33-17/h1-10,13,21H,11-12,14-15H2,(H,27,31). The molecule has 0 spiro atoms. The fourth-order valence-corrected chi connectivity index (χ4v) is 5.43. The molecule has 0 bridgehead atoms. The summed E-state index contributed by atoms with van der Waals surface area (Å²) in [7, 11) is 0. The molecule has 5 rings (SSSR count). The van der Waals surface area contributed by atoms with Gasteiger partial charge in [0.05, 0.1) is 12.2 Å². The van der Waals surface area contributed by atoms with Crippen molar-refractivity contribution in [2.45, 2.75) is 31.2 Å². The summed E-state index contributed by atoms with van der Waals surface area (Å²) in [5.74, 6) is 0.251. The molecule has 9 heteroatoms. The van der Waals surface area contributed by atoms with Crippen LogP contribution in [0.3, 0.4) is 0 Å². The zero-order valence-electron chi connectivity index (χ0n) is 18.1. The third-order valence-electron chi connectivity index (χ3n) is 5.55. The second-order valence-corrected chi connectivity index (χ2v) is 9.80. The minimum absolute atomic E-state index is 0.116. The number of nitrogens with one attached hydrogen (secondary N) is 1. The van der Waals surface area contributed by atoms with Crippen LogP contribution in [0.2, 0.25) is 0 Å². The van der Waals surface area contributed by atoms with Crippen molar-refractivity contribution in [1.82, 2.24) is 10.2 Å². The number of fused-ring (bicyclic) bond motifs is 3. The van der Waals surface area contributed by atoms with Crippen LogP contribution in [0.5, 0.6) is 0 Å². The Kier molecular flexibility index (Phi) is 6.55. The molecule has 0 fully saturated rings. The van der Waals surface area contributed by atoms with Crippen molar-refractivity contribution in [2.24, 2.45) is 9.98 Å². The van der Waals surface area contributed by atoms with Gasteiger partial charge in [-0.05, 0) is 41.6 Å². The van der Waals surface area contributed by atoms with Crippen LogP contribution in [0, 0.1) is 5.82 Å². The van der Waals surface area contributed by atoms with E-state index in [2.05, 4.69) is 15.3 Å². The van der Waals surface area contributed by atoms with Gasteiger partial charge in [0.1, 0.15) is 17.7 Å². The topological polar surface area (TPSA) is 74.1 Å². The quantitative estimate of drug-likeness (QED) is 0.511. The first-order chi connectivity index (χ1) is 16.6. The summed E-state index contributed by atoms with van der Waals surface area (Å²) in [6.45, 7) is 0.479. The van der Waals surface area contributed by atoms with Crippen LogP contribution in [0.1, 0.15) is 28.8 Å². The molecule has 172 valence electrons. The number of thiophene rings is 1. The lowest BCUT2D eigenvalue weighted by atomic mass is 10.1. The van der Waals surface area contributed by atoms with Crippen LogP contribution in [0.15, 0.2) is 76.0 Å². The van der Waals surface area contributed by atoms with Crippen molar-refractivity contribution in [3.8, 4) is 0 Å². The van der Waals surface area contributed by atoms with E-state index in [0.29, 0.717) is 35.3 Å². The molecule has 34 heavy (non-hydrogen) atoms. The minimum atomic E-state index is -0.659. The Morgan fingerprint density at radius 1 is 1.12 bits per heavy atom. The number of thioether (sulfide) groups is 1. The van der Waals surface area contributed by atoms with E-state index in [1.807, 2.05) is 41.8 Å². The molecular weight excluding hydrogens is 471 g/mol. The molecule has 1 N–H and O–H groups in total. The van der Waals surface area contributed by atoms with E-state index < -0.39 is 6.04 Å². The van der Waals surface area contributed by atoms with E-state index in [4.69, 9.17) is 0 Å². The van der Waals surface area contributed by atoms with Gasteiger partial charge < -0.3 is 5.32 Å². The highest BCUT2D eigenvalue weighted by Gasteiger charge is 2.41. The van der Waals surface area contributed by atoms with Gasteiger partial charge in [0.15, 0.2) is 5.17 Å². The van der Waals surface area contributed by atoms with Crippen LogP contribution in [0.4, 0.5) is 10.1 Å². The molecule has 0 radical (unpaired) electrons. The molecule has 1 atom stereocenters. The third kappa shape index (κ3) is 4.67. The number of halogens is 1. The molecule has 1 unspecified atom stereocenters. The molecule has 1 aromatic heterocycles. The molecule has 6 nitrogen and oxygen atoms in total. The molecule has 0 saturated carbocycles. The molecule has 0 aliphatic carbocycles. The predicted molar refractivity (Wildman–Crippen MR) is 134 cm³/mol. The van der Waals surface area contributed by atoms with Crippen molar-refractivity contribution in [3.63, 3.8) is 0 Å². The summed E-state index contributed by atoms with van der Waals surface area (Å²) in [5, 5.41) is 5.32. The third-order valence-corrected chi connectivity index (χ3v) is 7.41. The molecule has 0 saturated heterocycles. The van der Waals surface area contributed by atoms with Crippen molar-refractivity contribution < 1.29 is 14.0 Å². The predicted octanol–water partition coefficient (Wildman–Crippen LogP) is 4.88. The summed E-state index contributed by atoms with van der Waals surface area (Å²) in [6.07, 6.45) is 0.505. The largest absolute Gasteiger partial charge is 0.351 e. The van der Waals surface area contributed by atoms with Crippen LogP contribution < -0.4 is 5.32 Å². The number of carbonyl (C=O) groups is 2. The summed E-state index contributed by atoms with van der Waals surface area (Å²) >= 11 is 2.88. The summed E-state index contributed by atoms with van der Waals surface area (Å²) in [5.41, 5.74) is 2.03. The number of aliphatic imine (C=N–C) groups is 2. The number of hydrogen-bond acceptors (Lipinski definition) is 6. The Bertz CT molecular complexity index is 1290. The molecule has 3 aromatic rings. The lowest BCUT2D eigenvalue weighted by molar-refractivity contribution is -0.125. The van der Waals surface area contributed by atoms with Gasteiger partial charge in [0.25, 0.3) is 5.91 Å². The van der Waals surface area contributed by atoms with Gasteiger partial charge in [-0.1, -0.05) is 48.2 Å². The fraction of sp³-hybridized carbons (Fsp3) is 0.200. The highest BCUT2D eigenvalue weighted by molar-refractivity contribution is 8.13. The average Bonchev–Trinajstić information content (AvgIpc) is 3.49. The van der Waals surface area contributed by atoms with Crippen molar-refractivity contribution in [2.75, 3.05) is 0 Å². The van der Waals surface area contributed by atoms with Crippen LogP contribution >= 0.6 is 23.1 Å². The van der Waals surface area contributed by atoms with Crippen molar-refractivity contribution in [1.29, 1.82) is 0 Å². The maximum atomic E-state index is 14.1. The highest BCUT2D eigenvalue weighted by Crippen LogP contribution is 2.35. The number of para-hydroxylation sites is 1. The molecule has 2 aromatic carbocycles. The molecule has 2 amide bonds. The first-order valence-corrected chi connectivity index (χ1v) is 12.7. The van der Waals surface area contributed by atoms with Gasteiger partial charge in [0, 0.05) is 22.6 Å². The maximum Gasteiger partial charge on any atom is 0.259 e. The van der Waals surface area contributed by atoms with Gasteiger partial charge in [-0.15, -0.1) is 11.3 Å². The van der Waals surface area contributed by atoms with Gasteiger partial charge in [0.2, 0.25) is 5.91 Å². The van der Waals surface area contributed by atoms with E-state index in [1.165, 1.54) is 22.7 Å². The highest BCUT2D eigenvalue weighted by atomic mass is 32.2. The van der Waals surface area contributed by atoms with E-state index in [9.17, 15) is 14.0 Å². The Hall–Kier alpha value is -3.30. The number of hydrogen-bond donors (Lipinski definition) is 1. The van der Waals surface area contributed by atoms with Gasteiger partial charge >= 0.3 is 0 Å². The van der Waals surface area contributed by atoms with E-state index in [1.54, 1.807) is 29.5 Å². The number of rotatable bonds is 7. The van der Waals surface area contributed by atoms with Gasteiger partial charge in [-0.25, -0.2) is 14.3 Å². The number of benzene rings is 2.